The number of rotatable bonds is 4. The largest absolute Gasteiger partial charge is 0.277 e. The van der Waals surface area contributed by atoms with Crippen molar-refractivity contribution in [3.05, 3.63) is 34.9 Å². The van der Waals surface area contributed by atoms with Crippen LogP contribution in [0.1, 0.15) is 21.5 Å². The zero-order valence-corrected chi connectivity index (χ0v) is 12.3. The Bertz CT molecular complexity index is 382. The van der Waals surface area contributed by atoms with Gasteiger partial charge in [-0.15, -0.1) is 0 Å². The maximum Gasteiger partial charge on any atom is 0.277 e. The number of alkyl halides is 2. The number of carbonyl (C=O) groups excluding carboxylic acids is 1. The second-order valence-electron chi connectivity index (χ2n) is 3.20. The molecule has 1 aromatic carbocycles. The van der Waals surface area contributed by atoms with Gasteiger partial charge in [-0.1, -0.05) is 44.0 Å². The van der Waals surface area contributed by atoms with Crippen LogP contribution in [-0.4, -0.2) is 25.1 Å². The first kappa shape index (κ1) is 13.7. The van der Waals surface area contributed by atoms with Crippen molar-refractivity contribution in [2.24, 2.45) is 0 Å². The van der Waals surface area contributed by atoms with Crippen LogP contribution in [0.5, 0.6) is 0 Å². The number of hydroxylamine groups is 2. The van der Waals surface area contributed by atoms with Gasteiger partial charge in [0.1, 0.15) is 0 Å². The van der Waals surface area contributed by atoms with Crippen molar-refractivity contribution in [3.63, 3.8) is 0 Å². The van der Waals surface area contributed by atoms with Crippen LogP contribution in [0.25, 0.3) is 0 Å². The van der Waals surface area contributed by atoms with Gasteiger partial charge in [-0.2, -0.15) is 0 Å². The molecule has 0 bridgehead atoms. The summed E-state index contributed by atoms with van der Waals surface area (Å²) in [4.78, 5) is 16.9. The van der Waals surface area contributed by atoms with E-state index in [4.69, 9.17) is 4.84 Å². The highest BCUT2D eigenvalue weighted by molar-refractivity contribution is 9.09. The summed E-state index contributed by atoms with van der Waals surface area (Å²) in [6, 6.07) is 5.68. The van der Waals surface area contributed by atoms with Crippen LogP contribution in [0, 0.1) is 0 Å². The van der Waals surface area contributed by atoms with Crippen LogP contribution in [0.3, 0.4) is 0 Å². The number of nitrogens with zero attached hydrogens (tertiary/aromatic N) is 1. The van der Waals surface area contributed by atoms with E-state index in [9.17, 15) is 4.79 Å². The van der Waals surface area contributed by atoms with Crippen LogP contribution in [-0.2, 0) is 15.5 Å². The molecule has 16 heavy (non-hydrogen) atoms. The normalized spacial score (nSPS) is 10.2. The average Bonchev–Trinajstić information content (AvgIpc) is 2.35. The predicted molar refractivity (Wildman–Crippen MR) is 70.8 cm³/mol. The molecule has 1 rings (SSSR count). The van der Waals surface area contributed by atoms with Crippen LogP contribution in [0.4, 0.5) is 0 Å². The standard InChI is InChI=1S/C11H13Br2NO2/c1-14(16-2)11(15)9-5-3-4-8(6-12)10(9)7-13/h3-5H,6-7H2,1-2H3. The van der Waals surface area contributed by atoms with Crippen molar-refractivity contribution in [3.8, 4) is 0 Å². The number of hydrogen-bond donors (Lipinski definition) is 0. The fourth-order valence-electron chi connectivity index (χ4n) is 1.37. The molecule has 0 heterocycles. The quantitative estimate of drug-likeness (QED) is 0.616. The molecule has 3 nitrogen and oxygen atoms in total. The third-order valence-corrected chi connectivity index (χ3v) is 3.51. The van der Waals surface area contributed by atoms with Gasteiger partial charge in [-0.3, -0.25) is 9.63 Å². The molecule has 0 N–H and O–H groups in total. The van der Waals surface area contributed by atoms with Crippen molar-refractivity contribution in [1.29, 1.82) is 0 Å². The molecule has 1 aromatic rings. The fraction of sp³-hybridized carbons (Fsp3) is 0.364. The Kier molecular flexibility index (Phi) is 5.44. The first-order chi connectivity index (χ1) is 7.65. The third kappa shape index (κ3) is 2.84. The van der Waals surface area contributed by atoms with E-state index in [1.165, 1.54) is 12.2 Å². The highest BCUT2D eigenvalue weighted by Crippen LogP contribution is 2.21. The van der Waals surface area contributed by atoms with Crippen LogP contribution >= 0.6 is 31.9 Å². The Balaban J connectivity index is 3.17. The van der Waals surface area contributed by atoms with E-state index in [0.29, 0.717) is 10.9 Å². The lowest BCUT2D eigenvalue weighted by Gasteiger charge is -2.17. The SMILES string of the molecule is CON(C)C(=O)c1cccc(CBr)c1CBr. The number of benzene rings is 1. The molecule has 0 unspecified atom stereocenters. The highest BCUT2D eigenvalue weighted by atomic mass is 79.9. The Hall–Kier alpha value is -0.390. The second-order valence-corrected chi connectivity index (χ2v) is 4.32. The lowest BCUT2D eigenvalue weighted by molar-refractivity contribution is -0.0757. The maximum absolute atomic E-state index is 12.0. The van der Waals surface area contributed by atoms with E-state index >= 15 is 0 Å². The fourth-order valence-corrected chi connectivity index (χ4v) is 2.56. The summed E-state index contributed by atoms with van der Waals surface area (Å²) < 4.78 is 0. The molecule has 0 saturated heterocycles. The summed E-state index contributed by atoms with van der Waals surface area (Å²) in [5, 5.41) is 2.60. The zero-order chi connectivity index (χ0) is 12.1. The molecule has 0 aromatic heterocycles. The van der Waals surface area contributed by atoms with Gasteiger partial charge in [-0.05, 0) is 17.2 Å². The number of amides is 1. The molecule has 88 valence electrons. The molecule has 0 atom stereocenters. The zero-order valence-electron chi connectivity index (χ0n) is 9.17. The summed E-state index contributed by atoms with van der Waals surface area (Å²) in [5.74, 6) is -0.139. The number of halogens is 2. The third-order valence-electron chi connectivity index (χ3n) is 2.34. The molecule has 5 heteroatoms. The predicted octanol–water partition coefficient (Wildman–Crippen LogP) is 3.11. The minimum atomic E-state index is -0.139. The van der Waals surface area contributed by atoms with Gasteiger partial charge in [-0.25, -0.2) is 5.06 Å². The van der Waals surface area contributed by atoms with E-state index in [1.54, 1.807) is 13.1 Å². The van der Waals surface area contributed by atoms with E-state index in [0.717, 1.165) is 16.5 Å². The number of hydrogen-bond acceptors (Lipinski definition) is 2. The molecule has 0 aliphatic heterocycles. The topological polar surface area (TPSA) is 29.5 Å². The molecule has 0 spiro atoms. The lowest BCUT2D eigenvalue weighted by Crippen LogP contribution is -2.26. The Morgan fingerprint density at radius 3 is 2.56 bits per heavy atom. The molecule has 0 aliphatic carbocycles. The van der Waals surface area contributed by atoms with Gasteiger partial charge < -0.3 is 0 Å². The molecule has 0 aliphatic rings. The Morgan fingerprint density at radius 2 is 2.06 bits per heavy atom. The number of carbonyl (C=O) groups is 1. The van der Waals surface area contributed by atoms with Crippen molar-refractivity contribution in [1.82, 2.24) is 5.06 Å². The van der Waals surface area contributed by atoms with E-state index in [2.05, 4.69) is 31.9 Å². The summed E-state index contributed by atoms with van der Waals surface area (Å²) in [6.07, 6.45) is 0. The Morgan fingerprint density at radius 1 is 1.38 bits per heavy atom. The Labute approximate surface area is 112 Å². The van der Waals surface area contributed by atoms with Crippen molar-refractivity contribution < 1.29 is 9.63 Å². The first-order valence-electron chi connectivity index (χ1n) is 4.70. The van der Waals surface area contributed by atoms with Crippen molar-refractivity contribution >= 4 is 37.8 Å². The summed E-state index contributed by atoms with van der Waals surface area (Å²) in [6.45, 7) is 0. The van der Waals surface area contributed by atoms with Gasteiger partial charge in [0.05, 0.1) is 7.11 Å². The van der Waals surface area contributed by atoms with Gasteiger partial charge in [0.2, 0.25) is 0 Å². The van der Waals surface area contributed by atoms with Gasteiger partial charge in [0.25, 0.3) is 5.91 Å². The average molecular weight is 351 g/mol. The second kappa shape index (κ2) is 6.37. The van der Waals surface area contributed by atoms with E-state index < -0.39 is 0 Å². The smallest absolute Gasteiger partial charge is 0.274 e. The monoisotopic (exact) mass is 349 g/mol. The highest BCUT2D eigenvalue weighted by Gasteiger charge is 2.16. The van der Waals surface area contributed by atoms with E-state index in [-0.39, 0.29) is 5.91 Å². The summed E-state index contributed by atoms with van der Waals surface area (Å²) in [7, 11) is 3.07. The van der Waals surface area contributed by atoms with Crippen LogP contribution in [0.15, 0.2) is 18.2 Å². The first-order valence-corrected chi connectivity index (χ1v) is 6.94. The van der Waals surface area contributed by atoms with Crippen molar-refractivity contribution in [2.75, 3.05) is 14.2 Å². The molecule has 1 amide bonds. The maximum atomic E-state index is 12.0. The van der Waals surface area contributed by atoms with Gasteiger partial charge >= 0.3 is 0 Å². The minimum Gasteiger partial charge on any atom is -0.274 e. The van der Waals surface area contributed by atoms with E-state index in [1.807, 2.05) is 12.1 Å². The summed E-state index contributed by atoms with van der Waals surface area (Å²) >= 11 is 6.82. The van der Waals surface area contributed by atoms with Gasteiger partial charge in [0.15, 0.2) is 0 Å². The minimum absolute atomic E-state index is 0.139. The summed E-state index contributed by atoms with van der Waals surface area (Å²) in [5.41, 5.74) is 2.76. The van der Waals surface area contributed by atoms with Gasteiger partial charge in [0, 0.05) is 23.3 Å². The molecular weight excluding hydrogens is 338 g/mol. The van der Waals surface area contributed by atoms with Crippen LogP contribution < -0.4 is 0 Å². The molecular formula is C11H13Br2NO2. The molecule has 0 radical (unpaired) electrons. The van der Waals surface area contributed by atoms with Crippen molar-refractivity contribution in [2.45, 2.75) is 10.7 Å². The van der Waals surface area contributed by atoms with Crippen LogP contribution in [0.2, 0.25) is 0 Å². The molecule has 0 saturated carbocycles. The lowest BCUT2D eigenvalue weighted by atomic mass is 10.0. The molecule has 0 fully saturated rings.